The summed E-state index contributed by atoms with van der Waals surface area (Å²) in [5, 5.41) is 10.2. The number of hydrogen-bond acceptors (Lipinski definition) is 4. The number of carbonyl (C=O) groups is 1. The minimum absolute atomic E-state index is 0.289. The van der Waals surface area contributed by atoms with Crippen molar-refractivity contribution in [2.24, 2.45) is 0 Å². The Kier molecular flexibility index (Phi) is 5.34. The number of aromatic nitrogens is 1. The Morgan fingerprint density at radius 2 is 1.78 bits per heavy atom. The molecule has 5 rings (SSSR count). The van der Waals surface area contributed by atoms with E-state index in [-0.39, 0.29) is 12.1 Å². The molecule has 0 aliphatic heterocycles. The molecule has 6 nitrogen and oxygen atoms in total. The van der Waals surface area contributed by atoms with Gasteiger partial charge in [0.1, 0.15) is 11.6 Å². The van der Waals surface area contributed by atoms with E-state index in [1.54, 1.807) is 13.2 Å². The first kappa shape index (κ1) is 19.9. The maximum atomic E-state index is 12.4. The lowest BCUT2D eigenvalue weighted by Gasteiger charge is -2.15. The zero-order chi connectivity index (χ0) is 21.9. The number of amides is 2. The van der Waals surface area contributed by atoms with Crippen molar-refractivity contribution in [3.8, 4) is 5.75 Å². The largest absolute Gasteiger partial charge is 0.497 e. The van der Waals surface area contributed by atoms with Crippen molar-refractivity contribution in [1.29, 1.82) is 0 Å². The maximum absolute atomic E-state index is 12.4. The minimum atomic E-state index is -0.316. The number of nitrogens with zero attached hydrogens (tertiary/aromatic N) is 1. The summed E-state index contributed by atoms with van der Waals surface area (Å²) >= 11 is 0. The fourth-order valence-electron chi connectivity index (χ4n) is 4.16. The highest BCUT2D eigenvalue weighted by Gasteiger charge is 2.21. The lowest BCUT2D eigenvalue weighted by molar-refractivity contribution is 0.262. The first-order valence-electron chi connectivity index (χ1n) is 10.7. The molecule has 3 aromatic carbocycles. The number of methoxy groups -OCH3 is 1. The second kappa shape index (κ2) is 8.59. The summed E-state index contributed by atoms with van der Waals surface area (Å²) in [6.07, 6.45) is 2.17. The van der Waals surface area contributed by atoms with Gasteiger partial charge in [0.25, 0.3) is 0 Å². The van der Waals surface area contributed by atoms with Crippen LogP contribution in [0, 0.1) is 0 Å². The molecule has 0 saturated heterocycles. The van der Waals surface area contributed by atoms with Crippen LogP contribution in [0.5, 0.6) is 5.75 Å². The fraction of sp³-hybridized carbons (Fsp3) is 0.154. The molecule has 0 bridgehead atoms. The third kappa shape index (κ3) is 4.21. The standard InChI is InChI=1S/C26H24N4O2/c1-32-21-7-4-6-19(16-21)27-26(31)28-20-11-13-23-18(15-20)10-14-25(29-23)30-24-12-9-17-5-2-3-8-22(17)24/h2-8,10-11,13-16,24H,9,12H2,1H3,(H,29,30)(H2,27,28,31). The number of rotatable bonds is 5. The number of anilines is 3. The van der Waals surface area contributed by atoms with Crippen molar-refractivity contribution < 1.29 is 9.53 Å². The van der Waals surface area contributed by atoms with Gasteiger partial charge < -0.3 is 20.7 Å². The van der Waals surface area contributed by atoms with Gasteiger partial charge in [-0.1, -0.05) is 30.3 Å². The van der Waals surface area contributed by atoms with Crippen LogP contribution in [0.15, 0.2) is 78.9 Å². The number of ether oxygens (including phenoxy) is 1. The summed E-state index contributed by atoms with van der Waals surface area (Å²) in [7, 11) is 1.59. The number of pyridine rings is 1. The van der Waals surface area contributed by atoms with E-state index >= 15 is 0 Å². The van der Waals surface area contributed by atoms with Crippen LogP contribution in [0.4, 0.5) is 22.0 Å². The minimum Gasteiger partial charge on any atom is -0.497 e. The second-order valence-electron chi connectivity index (χ2n) is 7.85. The molecule has 1 aliphatic carbocycles. The molecular weight excluding hydrogens is 400 g/mol. The molecule has 1 unspecified atom stereocenters. The van der Waals surface area contributed by atoms with Crippen molar-refractivity contribution >= 4 is 34.1 Å². The number of urea groups is 1. The first-order chi connectivity index (χ1) is 15.7. The van der Waals surface area contributed by atoms with Gasteiger partial charge in [-0.25, -0.2) is 9.78 Å². The average Bonchev–Trinajstić information content (AvgIpc) is 3.22. The molecule has 160 valence electrons. The van der Waals surface area contributed by atoms with Crippen LogP contribution in [-0.4, -0.2) is 18.1 Å². The molecule has 1 aromatic heterocycles. The van der Waals surface area contributed by atoms with Crippen LogP contribution in [-0.2, 0) is 6.42 Å². The Bertz CT molecular complexity index is 1290. The van der Waals surface area contributed by atoms with Gasteiger partial charge in [-0.2, -0.15) is 0 Å². The highest BCUT2D eigenvalue weighted by atomic mass is 16.5. The lowest BCUT2D eigenvalue weighted by Crippen LogP contribution is -2.19. The van der Waals surface area contributed by atoms with E-state index in [0.717, 1.165) is 29.6 Å². The van der Waals surface area contributed by atoms with Crippen LogP contribution < -0.4 is 20.7 Å². The highest BCUT2D eigenvalue weighted by molar-refractivity contribution is 6.01. The Balaban J connectivity index is 1.27. The smallest absolute Gasteiger partial charge is 0.323 e. The highest BCUT2D eigenvalue weighted by Crippen LogP contribution is 2.33. The van der Waals surface area contributed by atoms with Gasteiger partial charge in [-0.3, -0.25) is 0 Å². The van der Waals surface area contributed by atoms with Gasteiger partial charge >= 0.3 is 6.03 Å². The van der Waals surface area contributed by atoms with Crippen molar-refractivity contribution in [2.45, 2.75) is 18.9 Å². The number of benzene rings is 3. The van der Waals surface area contributed by atoms with E-state index in [9.17, 15) is 4.79 Å². The van der Waals surface area contributed by atoms with E-state index in [1.807, 2.05) is 48.5 Å². The Morgan fingerprint density at radius 1 is 0.938 bits per heavy atom. The van der Waals surface area contributed by atoms with E-state index < -0.39 is 0 Å². The van der Waals surface area contributed by atoms with Gasteiger partial charge in [0.2, 0.25) is 0 Å². The van der Waals surface area contributed by atoms with Crippen LogP contribution in [0.3, 0.4) is 0 Å². The topological polar surface area (TPSA) is 75.3 Å². The SMILES string of the molecule is COc1cccc(NC(=O)Nc2ccc3nc(NC4CCc5ccccc54)ccc3c2)c1. The molecule has 1 aliphatic rings. The predicted molar refractivity (Wildman–Crippen MR) is 129 cm³/mol. The third-order valence-corrected chi connectivity index (χ3v) is 5.73. The van der Waals surface area contributed by atoms with Crippen LogP contribution in [0.2, 0.25) is 0 Å². The molecule has 1 heterocycles. The Morgan fingerprint density at radius 3 is 2.66 bits per heavy atom. The number of aryl methyl sites for hydroxylation is 1. The zero-order valence-electron chi connectivity index (χ0n) is 17.8. The van der Waals surface area contributed by atoms with Crippen molar-refractivity contribution in [1.82, 2.24) is 4.98 Å². The van der Waals surface area contributed by atoms with Crippen LogP contribution >= 0.6 is 0 Å². The molecule has 1 atom stereocenters. The van der Waals surface area contributed by atoms with Gasteiger partial charge in [0.15, 0.2) is 0 Å². The van der Waals surface area contributed by atoms with Gasteiger partial charge in [-0.05, 0) is 66.4 Å². The average molecular weight is 425 g/mol. The summed E-state index contributed by atoms with van der Waals surface area (Å²) in [5.74, 6) is 1.54. The summed E-state index contributed by atoms with van der Waals surface area (Å²) in [4.78, 5) is 17.1. The molecule has 4 aromatic rings. The quantitative estimate of drug-likeness (QED) is 0.368. The monoisotopic (exact) mass is 424 g/mol. The van der Waals surface area contributed by atoms with E-state index in [4.69, 9.17) is 9.72 Å². The number of hydrogen-bond donors (Lipinski definition) is 3. The number of carbonyl (C=O) groups excluding carboxylic acids is 1. The molecular formula is C26H24N4O2. The van der Waals surface area contributed by atoms with Crippen LogP contribution in [0.25, 0.3) is 10.9 Å². The normalized spacial score (nSPS) is 14.6. The van der Waals surface area contributed by atoms with Crippen molar-refractivity contribution in [3.05, 3.63) is 90.0 Å². The summed E-state index contributed by atoms with van der Waals surface area (Å²) in [6, 6.07) is 25.5. The summed E-state index contributed by atoms with van der Waals surface area (Å²) in [5.41, 5.74) is 5.00. The van der Waals surface area contributed by atoms with Gasteiger partial charge in [0.05, 0.1) is 18.7 Å². The Hall–Kier alpha value is -4.06. The van der Waals surface area contributed by atoms with Crippen LogP contribution in [0.1, 0.15) is 23.6 Å². The lowest BCUT2D eigenvalue weighted by atomic mass is 10.1. The zero-order valence-corrected chi connectivity index (χ0v) is 17.8. The van der Waals surface area contributed by atoms with Gasteiger partial charge in [-0.15, -0.1) is 0 Å². The van der Waals surface area contributed by atoms with Gasteiger partial charge in [0, 0.05) is 22.8 Å². The summed E-state index contributed by atoms with van der Waals surface area (Å²) in [6.45, 7) is 0. The van der Waals surface area contributed by atoms with Crippen molar-refractivity contribution in [2.75, 3.05) is 23.1 Å². The molecule has 0 saturated carbocycles. The first-order valence-corrected chi connectivity index (χ1v) is 10.7. The number of fused-ring (bicyclic) bond motifs is 2. The number of nitrogens with one attached hydrogen (secondary N) is 3. The van der Waals surface area contributed by atoms with Crippen molar-refractivity contribution in [3.63, 3.8) is 0 Å². The Labute approximate surface area is 186 Å². The molecule has 3 N–H and O–H groups in total. The predicted octanol–water partition coefficient (Wildman–Crippen LogP) is 5.99. The summed E-state index contributed by atoms with van der Waals surface area (Å²) < 4.78 is 5.19. The molecule has 6 heteroatoms. The van der Waals surface area contributed by atoms with E-state index in [0.29, 0.717) is 17.1 Å². The third-order valence-electron chi connectivity index (χ3n) is 5.73. The second-order valence-corrected chi connectivity index (χ2v) is 7.85. The molecule has 2 amide bonds. The van der Waals surface area contributed by atoms with E-state index in [1.165, 1.54) is 11.1 Å². The molecule has 0 radical (unpaired) electrons. The fourth-order valence-corrected chi connectivity index (χ4v) is 4.16. The molecule has 0 fully saturated rings. The van der Waals surface area contributed by atoms with E-state index in [2.05, 4.69) is 40.2 Å². The molecule has 0 spiro atoms. The molecule has 32 heavy (non-hydrogen) atoms. The maximum Gasteiger partial charge on any atom is 0.323 e.